The van der Waals surface area contributed by atoms with Crippen LogP contribution in [-0.2, 0) is 19.1 Å². The highest BCUT2D eigenvalue weighted by atomic mass is 35.5. The Labute approximate surface area is 149 Å². The van der Waals surface area contributed by atoms with Crippen LogP contribution in [0.3, 0.4) is 0 Å². The minimum Gasteiger partial charge on any atom is -0.464 e. The van der Waals surface area contributed by atoms with Gasteiger partial charge < -0.3 is 15.4 Å². The number of halogens is 1. The maximum absolute atomic E-state index is 12.2. The molecule has 0 unspecified atom stereocenters. The Kier molecular flexibility index (Phi) is 6.51. The number of rotatable bonds is 5. The van der Waals surface area contributed by atoms with Crippen molar-refractivity contribution in [3.8, 4) is 0 Å². The number of ether oxygens (including phenoxy) is 1. The molecular formula is C16H19ClN2O4S. The molecule has 1 aliphatic heterocycles. The maximum Gasteiger partial charge on any atom is 0.329 e. The number of aryl methyl sites for hydroxylation is 1. The molecule has 1 heterocycles. The van der Waals surface area contributed by atoms with E-state index in [1.807, 2.05) is 13.0 Å². The fraction of sp³-hybridized carbons (Fsp3) is 0.438. The fourth-order valence-electron chi connectivity index (χ4n) is 2.21. The molecule has 0 saturated carbocycles. The van der Waals surface area contributed by atoms with Crippen molar-refractivity contribution in [2.24, 2.45) is 0 Å². The van der Waals surface area contributed by atoms with E-state index in [-0.39, 0.29) is 24.8 Å². The van der Waals surface area contributed by atoms with Gasteiger partial charge in [0, 0.05) is 22.9 Å². The summed E-state index contributed by atoms with van der Waals surface area (Å²) >= 11 is 7.20. The van der Waals surface area contributed by atoms with E-state index in [1.54, 1.807) is 19.1 Å². The molecule has 0 bridgehead atoms. The Hall–Kier alpha value is -1.73. The van der Waals surface area contributed by atoms with Gasteiger partial charge in [0.25, 0.3) is 0 Å². The number of esters is 1. The number of thioether (sulfide) groups is 1. The number of nitrogens with one attached hydrogen (secondary N) is 2. The van der Waals surface area contributed by atoms with Crippen molar-refractivity contribution in [3.63, 3.8) is 0 Å². The van der Waals surface area contributed by atoms with Crippen molar-refractivity contribution in [2.45, 2.75) is 31.6 Å². The van der Waals surface area contributed by atoms with Crippen LogP contribution in [0.5, 0.6) is 0 Å². The normalized spacial score (nSPS) is 20.2. The molecule has 0 aliphatic carbocycles. The van der Waals surface area contributed by atoms with Gasteiger partial charge in [-0.25, -0.2) is 4.79 Å². The van der Waals surface area contributed by atoms with E-state index in [1.165, 1.54) is 11.8 Å². The van der Waals surface area contributed by atoms with Crippen LogP contribution < -0.4 is 10.6 Å². The monoisotopic (exact) mass is 370 g/mol. The topological polar surface area (TPSA) is 84.5 Å². The van der Waals surface area contributed by atoms with Gasteiger partial charge in [-0.2, -0.15) is 0 Å². The average Bonchev–Trinajstić information content (AvgIpc) is 2.53. The molecule has 0 spiro atoms. The summed E-state index contributed by atoms with van der Waals surface area (Å²) in [6.45, 7) is 3.83. The smallest absolute Gasteiger partial charge is 0.329 e. The first-order valence-electron chi connectivity index (χ1n) is 7.55. The Bertz CT molecular complexity index is 653. The summed E-state index contributed by atoms with van der Waals surface area (Å²) in [6.07, 6.45) is 0.0258. The van der Waals surface area contributed by atoms with Gasteiger partial charge in [0.2, 0.25) is 11.8 Å². The lowest BCUT2D eigenvalue weighted by atomic mass is 10.2. The van der Waals surface area contributed by atoms with Crippen molar-refractivity contribution in [1.82, 2.24) is 5.32 Å². The summed E-state index contributed by atoms with van der Waals surface area (Å²) in [5, 5.41) is 5.36. The highest BCUT2D eigenvalue weighted by molar-refractivity contribution is 8.00. The molecule has 1 saturated heterocycles. The van der Waals surface area contributed by atoms with E-state index < -0.39 is 17.3 Å². The van der Waals surface area contributed by atoms with Crippen LogP contribution in [-0.4, -0.2) is 41.4 Å². The number of hydrogen-bond acceptors (Lipinski definition) is 5. The zero-order chi connectivity index (χ0) is 17.7. The highest BCUT2D eigenvalue weighted by Crippen LogP contribution is 2.24. The molecule has 2 N–H and O–H groups in total. The number of benzene rings is 1. The number of anilines is 1. The van der Waals surface area contributed by atoms with Crippen molar-refractivity contribution in [2.75, 3.05) is 17.7 Å². The molecule has 1 fully saturated rings. The van der Waals surface area contributed by atoms with E-state index in [0.29, 0.717) is 16.5 Å². The molecule has 0 radical (unpaired) electrons. The van der Waals surface area contributed by atoms with Gasteiger partial charge >= 0.3 is 5.97 Å². The number of carbonyl (C=O) groups is 3. The largest absolute Gasteiger partial charge is 0.464 e. The second-order valence-electron chi connectivity index (χ2n) is 5.35. The summed E-state index contributed by atoms with van der Waals surface area (Å²) in [5.74, 6) is -0.667. The summed E-state index contributed by atoms with van der Waals surface area (Å²) in [6, 6.07) is 4.56. The first kappa shape index (κ1) is 18.6. The summed E-state index contributed by atoms with van der Waals surface area (Å²) in [5.41, 5.74) is 1.51. The number of carbonyl (C=O) groups excluding carboxylic acids is 3. The Morgan fingerprint density at radius 1 is 1.46 bits per heavy atom. The highest BCUT2D eigenvalue weighted by Gasteiger charge is 2.34. The first-order valence-corrected chi connectivity index (χ1v) is 8.98. The van der Waals surface area contributed by atoms with E-state index >= 15 is 0 Å². The van der Waals surface area contributed by atoms with Crippen LogP contribution in [0.15, 0.2) is 18.2 Å². The Balaban J connectivity index is 1.90. The van der Waals surface area contributed by atoms with Crippen molar-refractivity contribution in [3.05, 3.63) is 28.8 Å². The lowest BCUT2D eigenvalue weighted by Crippen LogP contribution is -2.51. The van der Waals surface area contributed by atoms with Gasteiger partial charge in [-0.1, -0.05) is 17.7 Å². The summed E-state index contributed by atoms with van der Waals surface area (Å²) in [7, 11) is 0. The van der Waals surface area contributed by atoms with Gasteiger partial charge in [0.05, 0.1) is 11.9 Å². The zero-order valence-electron chi connectivity index (χ0n) is 13.4. The van der Waals surface area contributed by atoms with Gasteiger partial charge in [-0.15, -0.1) is 11.8 Å². The molecule has 0 aromatic heterocycles. The van der Waals surface area contributed by atoms with Gasteiger partial charge in [0.1, 0.15) is 6.04 Å². The van der Waals surface area contributed by atoms with E-state index in [4.69, 9.17) is 16.3 Å². The van der Waals surface area contributed by atoms with Crippen LogP contribution in [0.4, 0.5) is 5.69 Å². The second-order valence-corrected chi connectivity index (χ2v) is 7.02. The molecule has 1 aromatic rings. The molecule has 6 nitrogen and oxygen atoms in total. The first-order chi connectivity index (χ1) is 11.4. The van der Waals surface area contributed by atoms with Crippen LogP contribution in [0.25, 0.3) is 0 Å². The minimum atomic E-state index is -0.656. The predicted octanol–water partition coefficient (Wildman–Crippen LogP) is 2.14. The van der Waals surface area contributed by atoms with E-state index in [0.717, 1.165) is 5.56 Å². The number of amides is 2. The third-order valence-corrected chi connectivity index (χ3v) is 5.03. The number of hydrogen-bond donors (Lipinski definition) is 2. The fourth-order valence-corrected chi connectivity index (χ4v) is 3.52. The standard InChI is InChI=1S/C16H19ClN2O4S/c1-3-23-16(22)12-8-24-13(15(21)19-12)7-14(20)18-11-6-10(17)5-4-9(11)2/h4-6,12-13H,3,7-8H2,1-2H3,(H,18,20)(H,19,21)/t12-,13+/m0/s1. The van der Waals surface area contributed by atoms with Crippen LogP contribution in [0.2, 0.25) is 5.02 Å². The lowest BCUT2D eigenvalue weighted by Gasteiger charge is -2.27. The van der Waals surface area contributed by atoms with Crippen LogP contribution in [0, 0.1) is 6.92 Å². The molecule has 2 atom stereocenters. The molecule has 2 amide bonds. The van der Waals surface area contributed by atoms with Crippen molar-refractivity contribution < 1.29 is 19.1 Å². The second kappa shape index (κ2) is 8.39. The average molecular weight is 371 g/mol. The minimum absolute atomic E-state index is 0.0258. The van der Waals surface area contributed by atoms with Crippen molar-refractivity contribution >= 4 is 46.8 Å². The van der Waals surface area contributed by atoms with Gasteiger partial charge in [-0.3, -0.25) is 9.59 Å². The molecular weight excluding hydrogens is 352 g/mol. The molecule has 24 heavy (non-hydrogen) atoms. The summed E-state index contributed by atoms with van der Waals surface area (Å²) < 4.78 is 4.89. The maximum atomic E-state index is 12.2. The third kappa shape index (κ3) is 4.88. The molecule has 130 valence electrons. The third-order valence-electron chi connectivity index (χ3n) is 3.49. The lowest BCUT2D eigenvalue weighted by molar-refractivity contribution is -0.146. The van der Waals surface area contributed by atoms with Crippen molar-refractivity contribution in [1.29, 1.82) is 0 Å². The Morgan fingerprint density at radius 3 is 2.88 bits per heavy atom. The molecule has 1 aromatic carbocycles. The predicted molar refractivity (Wildman–Crippen MR) is 94.2 cm³/mol. The molecule has 2 rings (SSSR count). The van der Waals surface area contributed by atoms with E-state index in [2.05, 4.69) is 10.6 Å². The summed E-state index contributed by atoms with van der Waals surface area (Å²) in [4.78, 5) is 35.9. The van der Waals surface area contributed by atoms with Crippen LogP contribution in [0.1, 0.15) is 18.9 Å². The SMILES string of the molecule is CCOC(=O)[C@@H]1CS[C@H](CC(=O)Nc2cc(Cl)ccc2C)C(=O)N1. The van der Waals surface area contributed by atoms with Gasteiger partial charge in [-0.05, 0) is 31.5 Å². The zero-order valence-corrected chi connectivity index (χ0v) is 15.0. The quantitative estimate of drug-likeness (QED) is 0.776. The molecule has 8 heteroatoms. The molecule has 1 aliphatic rings. The van der Waals surface area contributed by atoms with E-state index in [9.17, 15) is 14.4 Å². The van der Waals surface area contributed by atoms with Gasteiger partial charge in [0.15, 0.2) is 0 Å². The van der Waals surface area contributed by atoms with Crippen LogP contribution >= 0.6 is 23.4 Å². The Morgan fingerprint density at radius 2 is 2.21 bits per heavy atom.